The van der Waals surface area contributed by atoms with E-state index < -0.39 is 11.8 Å². The molecule has 5 nitrogen and oxygen atoms in total. The highest BCUT2D eigenvalue weighted by molar-refractivity contribution is 9.10. The predicted molar refractivity (Wildman–Crippen MR) is 83.7 cm³/mol. The largest absolute Gasteiger partial charge is 0.507 e. The molecule has 4 N–H and O–H groups in total. The van der Waals surface area contributed by atoms with Crippen molar-refractivity contribution in [3.05, 3.63) is 57.0 Å². The van der Waals surface area contributed by atoms with Gasteiger partial charge in [-0.25, -0.2) is 0 Å². The van der Waals surface area contributed by atoms with Crippen molar-refractivity contribution in [3.8, 4) is 5.75 Å². The summed E-state index contributed by atoms with van der Waals surface area (Å²) < 4.78 is 0.484. The number of aromatic hydroxyl groups is 1. The second-order valence-electron chi connectivity index (χ2n) is 4.21. The Morgan fingerprint density at radius 1 is 1.14 bits per heavy atom. The molecule has 0 unspecified atom stereocenters. The number of carbonyl (C=O) groups is 2. The first-order chi connectivity index (χ1) is 9.86. The van der Waals surface area contributed by atoms with Crippen LogP contribution in [0.1, 0.15) is 20.7 Å². The third-order valence-corrected chi connectivity index (χ3v) is 3.54. The van der Waals surface area contributed by atoms with E-state index in [-0.39, 0.29) is 21.9 Å². The first-order valence-corrected chi connectivity index (χ1v) is 6.94. The summed E-state index contributed by atoms with van der Waals surface area (Å²) in [5.41, 5.74) is 5.97. The molecule has 7 heteroatoms. The first kappa shape index (κ1) is 15.3. The van der Waals surface area contributed by atoms with Crippen LogP contribution in [0.15, 0.2) is 40.9 Å². The molecule has 0 fully saturated rings. The van der Waals surface area contributed by atoms with Crippen molar-refractivity contribution in [2.45, 2.75) is 0 Å². The first-order valence-electron chi connectivity index (χ1n) is 5.77. The van der Waals surface area contributed by atoms with Gasteiger partial charge in [0.1, 0.15) is 5.75 Å². The van der Waals surface area contributed by atoms with Crippen LogP contribution in [0.25, 0.3) is 0 Å². The number of nitrogens with one attached hydrogen (secondary N) is 1. The quantitative estimate of drug-likeness (QED) is 0.776. The Labute approximate surface area is 133 Å². The molecule has 0 atom stereocenters. The van der Waals surface area contributed by atoms with Crippen molar-refractivity contribution in [3.63, 3.8) is 0 Å². The summed E-state index contributed by atoms with van der Waals surface area (Å²) >= 11 is 8.99. The van der Waals surface area contributed by atoms with E-state index in [1.54, 1.807) is 12.1 Å². The van der Waals surface area contributed by atoms with Crippen LogP contribution in [0.3, 0.4) is 0 Å². The van der Waals surface area contributed by atoms with Gasteiger partial charge in [0.05, 0.1) is 4.47 Å². The maximum absolute atomic E-state index is 12.1. The molecule has 0 aliphatic heterocycles. The SMILES string of the molecule is NC(=O)c1cc(Cl)cc(NC(=O)c2ccc(Br)c(O)c2)c1. The fourth-order valence-electron chi connectivity index (χ4n) is 1.66. The fraction of sp³-hybridized carbons (Fsp3) is 0. The zero-order valence-electron chi connectivity index (χ0n) is 10.6. The van der Waals surface area contributed by atoms with Crippen LogP contribution in [0.5, 0.6) is 5.75 Å². The number of rotatable bonds is 3. The van der Waals surface area contributed by atoms with E-state index in [4.69, 9.17) is 17.3 Å². The van der Waals surface area contributed by atoms with Crippen molar-refractivity contribution in [1.82, 2.24) is 0 Å². The van der Waals surface area contributed by atoms with E-state index in [9.17, 15) is 14.7 Å². The highest BCUT2D eigenvalue weighted by Crippen LogP contribution is 2.25. The van der Waals surface area contributed by atoms with Crippen molar-refractivity contribution >= 4 is 45.0 Å². The van der Waals surface area contributed by atoms with Crippen LogP contribution in [-0.2, 0) is 0 Å². The van der Waals surface area contributed by atoms with Gasteiger partial charge in [-0.1, -0.05) is 11.6 Å². The zero-order valence-corrected chi connectivity index (χ0v) is 12.9. The lowest BCUT2D eigenvalue weighted by Crippen LogP contribution is -2.14. The minimum atomic E-state index is -0.644. The highest BCUT2D eigenvalue weighted by Gasteiger charge is 2.11. The molecule has 0 heterocycles. The monoisotopic (exact) mass is 368 g/mol. The second kappa shape index (κ2) is 6.15. The molecule has 0 saturated carbocycles. The van der Waals surface area contributed by atoms with Gasteiger partial charge in [-0.2, -0.15) is 0 Å². The minimum absolute atomic E-state index is 0.0495. The summed E-state index contributed by atoms with van der Waals surface area (Å²) in [5.74, 6) is -1.14. The average Bonchev–Trinajstić information content (AvgIpc) is 2.41. The van der Waals surface area contributed by atoms with Crippen molar-refractivity contribution < 1.29 is 14.7 Å². The normalized spacial score (nSPS) is 10.2. The van der Waals surface area contributed by atoms with E-state index in [0.29, 0.717) is 10.2 Å². The number of phenols is 1. The van der Waals surface area contributed by atoms with Crippen molar-refractivity contribution in [2.24, 2.45) is 5.73 Å². The highest BCUT2D eigenvalue weighted by atomic mass is 79.9. The van der Waals surface area contributed by atoms with E-state index in [0.717, 1.165) is 0 Å². The minimum Gasteiger partial charge on any atom is -0.507 e. The molecule has 108 valence electrons. The standard InChI is InChI=1S/C14H10BrClN2O3/c15-11-2-1-7(5-12(11)19)14(21)18-10-4-8(13(17)20)3-9(16)6-10/h1-6,19H,(H2,17,20)(H,18,21). The summed E-state index contributed by atoms with van der Waals surface area (Å²) in [6.45, 7) is 0. The van der Waals surface area contributed by atoms with Crippen molar-refractivity contribution in [1.29, 1.82) is 0 Å². The van der Waals surface area contributed by atoms with Gasteiger partial charge < -0.3 is 16.2 Å². The summed E-state index contributed by atoms with van der Waals surface area (Å²) in [5, 5.41) is 12.4. The molecule has 0 spiro atoms. The Balaban J connectivity index is 2.27. The van der Waals surface area contributed by atoms with E-state index in [1.807, 2.05) is 0 Å². The molecule has 2 rings (SSSR count). The molecule has 0 bridgehead atoms. The Morgan fingerprint density at radius 3 is 2.48 bits per heavy atom. The van der Waals surface area contributed by atoms with Crippen LogP contribution in [0, 0.1) is 0 Å². The Morgan fingerprint density at radius 2 is 1.86 bits per heavy atom. The molecule has 0 radical (unpaired) electrons. The van der Waals surface area contributed by atoms with Gasteiger partial charge in [-0.3, -0.25) is 9.59 Å². The topological polar surface area (TPSA) is 92.4 Å². The predicted octanol–water partition coefficient (Wildman–Crippen LogP) is 3.16. The van der Waals surface area contributed by atoms with Crippen LogP contribution in [0.4, 0.5) is 5.69 Å². The van der Waals surface area contributed by atoms with Gasteiger partial charge in [0.2, 0.25) is 5.91 Å². The van der Waals surface area contributed by atoms with Gasteiger partial charge in [-0.15, -0.1) is 0 Å². The fourth-order valence-corrected chi connectivity index (χ4v) is 2.14. The molecular formula is C14H10BrClN2O3. The number of benzene rings is 2. The molecule has 2 amide bonds. The maximum Gasteiger partial charge on any atom is 0.255 e. The number of halogens is 2. The number of nitrogens with two attached hydrogens (primary N) is 1. The van der Waals surface area contributed by atoms with Crippen LogP contribution in [-0.4, -0.2) is 16.9 Å². The second-order valence-corrected chi connectivity index (χ2v) is 5.50. The number of hydrogen-bond acceptors (Lipinski definition) is 3. The van der Waals surface area contributed by atoms with Crippen molar-refractivity contribution in [2.75, 3.05) is 5.32 Å². The van der Waals surface area contributed by atoms with Gasteiger partial charge in [0.15, 0.2) is 0 Å². The van der Waals surface area contributed by atoms with Crippen LogP contribution >= 0.6 is 27.5 Å². The Kier molecular flexibility index (Phi) is 4.50. The molecule has 0 saturated heterocycles. The molecule has 21 heavy (non-hydrogen) atoms. The van der Waals surface area contributed by atoms with Gasteiger partial charge in [0.25, 0.3) is 5.91 Å². The number of anilines is 1. The molecule has 0 aliphatic rings. The average molecular weight is 370 g/mol. The van der Waals surface area contributed by atoms with Gasteiger partial charge in [-0.05, 0) is 52.3 Å². The smallest absolute Gasteiger partial charge is 0.255 e. The summed E-state index contributed by atoms with van der Waals surface area (Å²) in [7, 11) is 0. The third-order valence-electron chi connectivity index (χ3n) is 2.65. The maximum atomic E-state index is 12.1. The third kappa shape index (κ3) is 3.74. The van der Waals surface area contributed by atoms with Gasteiger partial charge in [0, 0.05) is 21.8 Å². The van der Waals surface area contributed by atoms with E-state index in [2.05, 4.69) is 21.2 Å². The summed E-state index contributed by atoms with van der Waals surface area (Å²) in [4.78, 5) is 23.2. The van der Waals surface area contributed by atoms with E-state index >= 15 is 0 Å². The number of amides is 2. The number of hydrogen-bond donors (Lipinski definition) is 3. The lowest BCUT2D eigenvalue weighted by molar-refractivity contribution is 0.0996. The lowest BCUT2D eigenvalue weighted by atomic mass is 10.1. The molecule has 0 aromatic heterocycles. The zero-order chi connectivity index (χ0) is 15.6. The molecule has 0 aliphatic carbocycles. The number of carbonyl (C=O) groups excluding carboxylic acids is 2. The Hall–Kier alpha value is -2.05. The van der Waals surface area contributed by atoms with Gasteiger partial charge >= 0.3 is 0 Å². The summed E-state index contributed by atoms with van der Waals surface area (Å²) in [6.07, 6.45) is 0. The molecular weight excluding hydrogens is 360 g/mol. The molecule has 2 aromatic carbocycles. The number of phenolic OH excluding ortho intramolecular Hbond substituents is 1. The van der Waals surface area contributed by atoms with Crippen LogP contribution < -0.4 is 11.1 Å². The molecule has 2 aromatic rings. The number of primary amides is 1. The lowest BCUT2D eigenvalue weighted by Gasteiger charge is -2.08. The van der Waals surface area contributed by atoms with Crippen LogP contribution in [0.2, 0.25) is 5.02 Å². The van der Waals surface area contributed by atoms with E-state index in [1.165, 1.54) is 24.3 Å². The Bertz CT molecular complexity index is 734. The summed E-state index contributed by atoms with van der Waals surface area (Å²) in [6, 6.07) is 8.73.